The van der Waals surface area contributed by atoms with Crippen LogP contribution in [0.4, 0.5) is 11.4 Å². The van der Waals surface area contributed by atoms with Crippen LogP contribution in [-0.4, -0.2) is 103 Å². The number of methoxy groups -OCH3 is 1. The maximum absolute atomic E-state index is 14.3. The number of pyridine rings is 1. The van der Waals surface area contributed by atoms with E-state index >= 15 is 0 Å². The predicted molar refractivity (Wildman–Crippen MR) is 262 cm³/mol. The normalized spacial score (nSPS) is 24.1. The SMILES string of the molecule is COc1nc2[nH]ccc2cc1Oc1cc(N2CCC3(CC2)CC(N2CCOC[C@H]2c2ccccc2C(C)C)C3)ccc1C(=O)NS(=O)(=O)c1cc2c(c([N+](=O)[O-])c1)S[C@@H](C1CCC(C)(O)CC1)CO2. The quantitative estimate of drug-likeness (QED) is 0.0790. The molecular formula is C51H60N6O10S2. The van der Waals surface area contributed by atoms with Gasteiger partial charge in [-0.25, -0.2) is 13.1 Å². The van der Waals surface area contributed by atoms with Gasteiger partial charge in [-0.1, -0.05) is 38.1 Å². The van der Waals surface area contributed by atoms with Crippen LogP contribution in [0, 0.1) is 21.4 Å². The highest BCUT2D eigenvalue weighted by Gasteiger charge is 2.50. The van der Waals surface area contributed by atoms with Crippen LogP contribution in [0.3, 0.4) is 0 Å². The van der Waals surface area contributed by atoms with Crippen molar-refractivity contribution in [2.45, 2.75) is 111 Å². The van der Waals surface area contributed by atoms with Gasteiger partial charge in [0, 0.05) is 66.4 Å². The Morgan fingerprint density at radius 2 is 1.78 bits per heavy atom. The molecule has 3 aromatic carbocycles. The van der Waals surface area contributed by atoms with E-state index in [2.05, 4.69) is 62.6 Å². The minimum Gasteiger partial charge on any atom is -0.491 e. The molecule has 3 N–H and O–H groups in total. The third-order valence-corrected chi connectivity index (χ3v) is 18.1. The van der Waals surface area contributed by atoms with Crippen molar-refractivity contribution in [2.24, 2.45) is 11.3 Å². The summed E-state index contributed by atoms with van der Waals surface area (Å²) < 4.78 is 54.5. The zero-order valence-electron chi connectivity index (χ0n) is 39.4. The second-order valence-corrected chi connectivity index (χ2v) is 23.1. The maximum atomic E-state index is 14.3. The summed E-state index contributed by atoms with van der Waals surface area (Å²) in [4.78, 5) is 38.4. The molecule has 366 valence electrons. The highest BCUT2D eigenvalue weighted by Crippen LogP contribution is 2.54. The Morgan fingerprint density at radius 1 is 1.01 bits per heavy atom. The molecular weight excluding hydrogens is 921 g/mol. The number of amides is 1. The first-order chi connectivity index (χ1) is 33.1. The smallest absolute Gasteiger partial charge is 0.288 e. The molecule has 0 bridgehead atoms. The van der Waals surface area contributed by atoms with Crippen molar-refractivity contribution in [2.75, 3.05) is 51.5 Å². The molecule has 16 nitrogen and oxygen atoms in total. The van der Waals surface area contributed by atoms with Gasteiger partial charge in [0.05, 0.1) is 47.3 Å². The van der Waals surface area contributed by atoms with Crippen molar-refractivity contribution in [1.29, 1.82) is 0 Å². The van der Waals surface area contributed by atoms with E-state index in [1.54, 1.807) is 30.5 Å². The molecule has 18 heteroatoms. The minimum atomic E-state index is -4.68. The molecule has 2 saturated carbocycles. The topological polar surface area (TPSA) is 199 Å². The lowest BCUT2D eigenvalue weighted by molar-refractivity contribution is -0.388. The first kappa shape index (κ1) is 47.3. The number of nitrogens with one attached hydrogen (secondary N) is 2. The van der Waals surface area contributed by atoms with Gasteiger partial charge in [0.1, 0.15) is 28.6 Å². The third kappa shape index (κ3) is 9.50. The first-order valence-corrected chi connectivity index (χ1v) is 26.4. The summed E-state index contributed by atoms with van der Waals surface area (Å²) in [6.07, 6.45) is 8.72. The summed E-state index contributed by atoms with van der Waals surface area (Å²) in [5.74, 6) is 0.106. The lowest BCUT2D eigenvalue weighted by Crippen LogP contribution is -2.58. The molecule has 5 aromatic rings. The number of sulfonamides is 1. The second kappa shape index (κ2) is 18.7. The Labute approximate surface area is 406 Å². The number of aliphatic hydroxyl groups is 1. The van der Waals surface area contributed by atoms with Gasteiger partial charge < -0.3 is 33.9 Å². The van der Waals surface area contributed by atoms with E-state index in [0.717, 1.165) is 81.9 Å². The molecule has 0 radical (unpaired) electrons. The highest BCUT2D eigenvalue weighted by molar-refractivity contribution is 8.00. The molecule has 2 saturated heterocycles. The van der Waals surface area contributed by atoms with Crippen LogP contribution in [0.15, 0.2) is 82.7 Å². The molecule has 4 fully saturated rings. The van der Waals surface area contributed by atoms with Gasteiger partial charge in [0.2, 0.25) is 0 Å². The number of carbonyl (C=O) groups excluding carboxylic acids is 1. The van der Waals surface area contributed by atoms with Crippen molar-refractivity contribution in [3.8, 4) is 23.1 Å². The molecule has 1 spiro atoms. The standard InChI is InChI=1S/C51H60N6O10S2/c1-31(2)37-7-5-6-8-38(37)41-29-65-22-21-56(41)35-27-51(28-35)16-19-55(20-17-51)34-9-10-39(42(24-34)67-44-23-33-13-18-52-47(33)53-49(44)64-4)48(58)54-69(62,63)36-25-40(57(60)61)46-43(26-36)66-30-45(68-46)32-11-14-50(3,59)15-12-32/h5-10,13,18,23-26,31-32,35,41,45,59H,11-12,14-17,19-22,27-30H2,1-4H3,(H,52,53)(H,54,58)/t32?,41-,45+,50?/m0/s1. The zero-order chi connectivity index (χ0) is 48.2. The molecule has 5 aliphatic rings. The minimum absolute atomic E-state index is 0.0626. The number of morpholine rings is 1. The largest absolute Gasteiger partial charge is 0.491 e. The Hall–Kier alpha value is -5.40. The molecule has 10 rings (SSSR count). The highest BCUT2D eigenvalue weighted by atomic mass is 32.2. The summed E-state index contributed by atoms with van der Waals surface area (Å²) in [6, 6.07) is 20.3. The van der Waals surface area contributed by atoms with Crippen molar-refractivity contribution in [3.63, 3.8) is 0 Å². The number of hydrogen-bond acceptors (Lipinski definition) is 14. The monoisotopic (exact) mass is 980 g/mol. The first-order valence-electron chi connectivity index (χ1n) is 24.0. The van der Waals surface area contributed by atoms with Crippen LogP contribution in [-0.2, 0) is 14.8 Å². The lowest BCUT2D eigenvalue weighted by atomic mass is 9.59. The van der Waals surface area contributed by atoms with Crippen LogP contribution in [0.1, 0.15) is 106 Å². The number of rotatable bonds is 12. The van der Waals surface area contributed by atoms with E-state index in [1.165, 1.54) is 36.1 Å². The maximum Gasteiger partial charge on any atom is 0.288 e. The number of carbonyl (C=O) groups is 1. The van der Waals surface area contributed by atoms with Gasteiger partial charge >= 0.3 is 0 Å². The van der Waals surface area contributed by atoms with Gasteiger partial charge in [-0.2, -0.15) is 4.98 Å². The molecule has 3 aliphatic heterocycles. The fourth-order valence-electron chi connectivity index (χ4n) is 11.3. The number of piperidine rings is 1. The Bertz CT molecular complexity index is 2860. The number of benzene rings is 3. The predicted octanol–water partition coefficient (Wildman–Crippen LogP) is 9.13. The van der Waals surface area contributed by atoms with E-state index in [1.807, 2.05) is 13.0 Å². The third-order valence-electron chi connectivity index (χ3n) is 15.3. The summed E-state index contributed by atoms with van der Waals surface area (Å²) in [7, 11) is -3.23. The number of nitrogens with zero attached hydrogens (tertiary/aromatic N) is 4. The Kier molecular flexibility index (Phi) is 12.8. The zero-order valence-corrected chi connectivity index (χ0v) is 41.1. The fourth-order valence-corrected chi connectivity index (χ4v) is 13.7. The van der Waals surface area contributed by atoms with E-state index in [4.69, 9.17) is 18.9 Å². The summed E-state index contributed by atoms with van der Waals surface area (Å²) in [5.41, 5.74) is 3.11. The van der Waals surface area contributed by atoms with E-state index in [-0.39, 0.29) is 62.8 Å². The summed E-state index contributed by atoms with van der Waals surface area (Å²) in [5, 5.41) is 23.6. The Balaban J connectivity index is 0.876. The molecule has 69 heavy (non-hydrogen) atoms. The van der Waals surface area contributed by atoms with Crippen LogP contribution >= 0.6 is 11.8 Å². The van der Waals surface area contributed by atoms with Crippen LogP contribution < -0.4 is 23.8 Å². The Morgan fingerprint density at radius 3 is 2.52 bits per heavy atom. The average molecular weight is 981 g/mol. The average Bonchev–Trinajstić information content (AvgIpc) is 3.79. The molecule has 2 aliphatic carbocycles. The fraction of sp³-hybridized carbons (Fsp3) is 0.490. The van der Waals surface area contributed by atoms with Gasteiger partial charge in [0.25, 0.3) is 27.5 Å². The molecule has 5 heterocycles. The number of ether oxygens (including phenoxy) is 4. The molecule has 2 aromatic heterocycles. The van der Waals surface area contributed by atoms with Gasteiger partial charge in [-0.15, -0.1) is 11.8 Å². The van der Waals surface area contributed by atoms with Crippen molar-refractivity contribution >= 4 is 50.1 Å². The van der Waals surface area contributed by atoms with E-state index in [0.29, 0.717) is 37.1 Å². The number of hydrogen-bond donors (Lipinski definition) is 3. The van der Waals surface area contributed by atoms with Crippen molar-refractivity contribution < 1.29 is 42.2 Å². The second-order valence-electron chi connectivity index (χ2n) is 20.1. The molecule has 1 amide bonds. The number of aromatic nitrogens is 2. The number of H-pyrrole nitrogens is 1. The van der Waals surface area contributed by atoms with Gasteiger partial charge in [0.15, 0.2) is 5.75 Å². The number of nitro groups is 1. The molecule has 2 atom stereocenters. The lowest BCUT2D eigenvalue weighted by Gasteiger charge is -2.57. The van der Waals surface area contributed by atoms with Crippen molar-refractivity contribution in [1.82, 2.24) is 19.6 Å². The summed E-state index contributed by atoms with van der Waals surface area (Å²) >= 11 is 1.30. The number of nitro benzene ring substituents is 1. The van der Waals surface area contributed by atoms with Gasteiger partial charge in [-0.05, 0) is 111 Å². The van der Waals surface area contributed by atoms with Gasteiger partial charge in [-0.3, -0.25) is 19.8 Å². The van der Waals surface area contributed by atoms with Crippen LogP contribution in [0.5, 0.6) is 23.1 Å². The number of anilines is 1. The number of thioether (sulfide) groups is 1. The van der Waals surface area contributed by atoms with E-state index < -0.39 is 37.0 Å². The van der Waals surface area contributed by atoms with E-state index in [9.17, 15) is 28.4 Å². The molecule has 0 unspecified atom stereocenters. The summed E-state index contributed by atoms with van der Waals surface area (Å²) in [6.45, 7) is 10.5. The van der Waals surface area contributed by atoms with Crippen LogP contribution in [0.2, 0.25) is 0 Å². The van der Waals surface area contributed by atoms with Crippen molar-refractivity contribution in [3.05, 3.63) is 99.7 Å². The van der Waals surface area contributed by atoms with Crippen LogP contribution in [0.25, 0.3) is 11.0 Å². The number of fused-ring (bicyclic) bond motifs is 2. The number of aromatic amines is 1.